The lowest BCUT2D eigenvalue weighted by Crippen LogP contribution is -2.22. The van der Waals surface area contributed by atoms with E-state index < -0.39 is 0 Å². The maximum atomic E-state index is 5.41. The van der Waals surface area contributed by atoms with Gasteiger partial charge in [0.25, 0.3) is 0 Å². The van der Waals surface area contributed by atoms with Crippen molar-refractivity contribution in [2.75, 3.05) is 20.8 Å². The van der Waals surface area contributed by atoms with Crippen LogP contribution in [0.5, 0.6) is 11.5 Å². The van der Waals surface area contributed by atoms with Gasteiger partial charge in [0.2, 0.25) is 0 Å². The summed E-state index contributed by atoms with van der Waals surface area (Å²) in [6, 6.07) is 6.56. The Balaban J connectivity index is 1.94. The fourth-order valence-electron chi connectivity index (χ4n) is 3.11. The highest BCUT2D eigenvalue weighted by Gasteiger charge is 2.13. The number of allylic oxidation sites excluding steroid dienone is 1. The minimum Gasteiger partial charge on any atom is -0.493 e. The van der Waals surface area contributed by atoms with Gasteiger partial charge in [0.05, 0.1) is 14.2 Å². The van der Waals surface area contributed by atoms with Crippen molar-refractivity contribution in [2.45, 2.75) is 51.5 Å². The third kappa shape index (κ3) is 4.51. The van der Waals surface area contributed by atoms with Crippen molar-refractivity contribution in [3.05, 3.63) is 35.4 Å². The van der Waals surface area contributed by atoms with Gasteiger partial charge >= 0.3 is 0 Å². The zero-order valence-electron chi connectivity index (χ0n) is 14.2. The molecule has 0 aromatic heterocycles. The predicted octanol–water partition coefficient (Wildman–Crippen LogP) is 4.64. The lowest BCUT2D eigenvalue weighted by atomic mass is 9.97. The van der Waals surface area contributed by atoms with Crippen molar-refractivity contribution >= 4 is 0 Å². The van der Waals surface area contributed by atoms with E-state index in [1.807, 2.05) is 6.07 Å². The van der Waals surface area contributed by atoms with Crippen molar-refractivity contribution in [1.29, 1.82) is 0 Å². The molecule has 3 heteroatoms. The Labute approximate surface area is 134 Å². The quantitative estimate of drug-likeness (QED) is 0.710. The number of nitrogens with one attached hydrogen (secondary N) is 1. The topological polar surface area (TPSA) is 30.5 Å². The molecule has 0 amide bonds. The largest absolute Gasteiger partial charge is 0.493 e. The molecular formula is C19H29NO2. The summed E-state index contributed by atoms with van der Waals surface area (Å²) in [7, 11) is 3.36. The first-order valence-electron chi connectivity index (χ1n) is 8.41. The van der Waals surface area contributed by atoms with Crippen molar-refractivity contribution in [2.24, 2.45) is 0 Å². The summed E-state index contributed by atoms with van der Waals surface area (Å²) in [5.74, 6) is 1.59. The Morgan fingerprint density at radius 1 is 1.14 bits per heavy atom. The molecule has 3 nitrogen and oxygen atoms in total. The average molecular weight is 303 g/mol. The lowest BCUT2D eigenvalue weighted by Gasteiger charge is -2.20. The van der Waals surface area contributed by atoms with Gasteiger partial charge in [-0.3, -0.25) is 0 Å². The minimum atomic E-state index is 0.365. The van der Waals surface area contributed by atoms with Crippen LogP contribution in [0.4, 0.5) is 0 Å². The number of rotatable bonds is 8. The molecule has 0 saturated carbocycles. The van der Waals surface area contributed by atoms with Crippen LogP contribution in [0.25, 0.3) is 0 Å². The molecule has 0 aliphatic heterocycles. The smallest absolute Gasteiger partial charge is 0.161 e. The molecule has 22 heavy (non-hydrogen) atoms. The second-order valence-electron chi connectivity index (χ2n) is 5.89. The number of hydrogen-bond acceptors (Lipinski definition) is 3. The number of benzene rings is 1. The van der Waals surface area contributed by atoms with Gasteiger partial charge in [-0.15, -0.1) is 0 Å². The van der Waals surface area contributed by atoms with E-state index in [0.29, 0.717) is 6.04 Å². The van der Waals surface area contributed by atoms with Gasteiger partial charge in [-0.1, -0.05) is 24.6 Å². The van der Waals surface area contributed by atoms with Gasteiger partial charge in [0, 0.05) is 6.04 Å². The van der Waals surface area contributed by atoms with Crippen molar-refractivity contribution in [3.63, 3.8) is 0 Å². The monoisotopic (exact) mass is 303 g/mol. The van der Waals surface area contributed by atoms with Crippen LogP contribution in [0.3, 0.4) is 0 Å². The first-order valence-corrected chi connectivity index (χ1v) is 8.41. The second kappa shape index (κ2) is 8.84. The van der Waals surface area contributed by atoms with E-state index in [1.54, 1.807) is 19.8 Å². The van der Waals surface area contributed by atoms with Gasteiger partial charge in [-0.05, 0) is 62.8 Å². The van der Waals surface area contributed by atoms with Crippen LogP contribution in [0.1, 0.15) is 57.1 Å². The van der Waals surface area contributed by atoms with E-state index >= 15 is 0 Å². The zero-order chi connectivity index (χ0) is 15.8. The Hall–Kier alpha value is -1.48. The highest BCUT2D eigenvalue weighted by atomic mass is 16.5. The van der Waals surface area contributed by atoms with Crippen LogP contribution in [-0.4, -0.2) is 20.8 Å². The summed E-state index contributed by atoms with van der Waals surface area (Å²) < 4.78 is 10.7. The van der Waals surface area contributed by atoms with Crippen LogP contribution in [0, 0.1) is 0 Å². The Morgan fingerprint density at radius 3 is 2.59 bits per heavy atom. The fraction of sp³-hybridized carbons (Fsp3) is 0.579. The van der Waals surface area contributed by atoms with E-state index in [0.717, 1.165) is 24.5 Å². The molecule has 2 rings (SSSR count). The standard InChI is InChI=1S/C19H29NO2/c1-4-17(20-13-12-15-8-6-5-7-9-15)16-10-11-18(21-2)19(14-16)22-3/h8,10-11,14,17,20H,4-7,9,12-13H2,1-3H3. The first kappa shape index (κ1) is 16.9. The molecule has 1 aromatic carbocycles. The molecule has 1 aromatic rings. The summed E-state index contributed by atoms with van der Waals surface area (Å²) in [4.78, 5) is 0. The molecule has 0 heterocycles. The molecule has 0 saturated heterocycles. The SMILES string of the molecule is CCC(NCCC1=CCCCC1)c1ccc(OC)c(OC)c1. The minimum absolute atomic E-state index is 0.365. The molecule has 0 spiro atoms. The van der Waals surface area contributed by atoms with Crippen LogP contribution >= 0.6 is 0 Å². The molecule has 1 N–H and O–H groups in total. The summed E-state index contributed by atoms with van der Waals surface area (Å²) in [6.07, 6.45) is 9.94. The number of ether oxygens (including phenoxy) is 2. The lowest BCUT2D eigenvalue weighted by molar-refractivity contribution is 0.353. The molecule has 1 atom stereocenters. The third-order valence-electron chi connectivity index (χ3n) is 4.44. The maximum absolute atomic E-state index is 5.41. The number of hydrogen-bond donors (Lipinski definition) is 1. The molecule has 0 radical (unpaired) electrons. The van der Waals surface area contributed by atoms with E-state index in [9.17, 15) is 0 Å². The third-order valence-corrected chi connectivity index (χ3v) is 4.44. The average Bonchev–Trinajstić information content (AvgIpc) is 2.59. The first-order chi connectivity index (χ1) is 10.8. The summed E-state index contributed by atoms with van der Waals surface area (Å²) in [5.41, 5.74) is 2.89. The summed E-state index contributed by atoms with van der Waals surface area (Å²) >= 11 is 0. The van der Waals surface area contributed by atoms with Crippen LogP contribution in [0.2, 0.25) is 0 Å². The van der Waals surface area contributed by atoms with E-state index in [2.05, 4.69) is 30.4 Å². The molecule has 1 aliphatic rings. The maximum Gasteiger partial charge on any atom is 0.161 e. The van der Waals surface area contributed by atoms with Gasteiger partial charge in [0.1, 0.15) is 0 Å². The Morgan fingerprint density at radius 2 is 1.95 bits per heavy atom. The van der Waals surface area contributed by atoms with E-state index in [-0.39, 0.29) is 0 Å². The van der Waals surface area contributed by atoms with Crippen molar-refractivity contribution in [1.82, 2.24) is 5.32 Å². The van der Waals surface area contributed by atoms with Crippen molar-refractivity contribution in [3.8, 4) is 11.5 Å². The summed E-state index contributed by atoms with van der Waals surface area (Å²) in [6.45, 7) is 3.26. The van der Waals surface area contributed by atoms with E-state index in [4.69, 9.17) is 9.47 Å². The fourth-order valence-corrected chi connectivity index (χ4v) is 3.11. The molecule has 0 fully saturated rings. The highest BCUT2D eigenvalue weighted by Crippen LogP contribution is 2.31. The highest BCUT2D eigenvalue weighted by molar-refractivity contribution is 5.43. The molecule has 1 aliphatic carbocycles. The van der Waals surface area contributed by atoms with Gasteiger partial charge in [-0.25, -0.2) is 0 Å². The number of methoxy groups -OCH3 is 2. The summed E-state index contributed by atoms with van der Waals surface area (Å²) in [5, 5.41) is 3.68. The van der Waals surface area contributed by atoms with Gasteiger partial charge < -0.3 is 14.8 Å². The predicted molar refractivity (Wildman–Crippen MR) is 91.7 cm³/mol. The van der Waals surface area contributed by atoms with Crippen LogP contribution in [0.15, 0.2) is 29.8 Å². The Bertz CT molecular complexity index is 496. The van der Waals surface area contributed by atoms with Gasteiger partial charge in [-0.2, -0.15) is 0 Å². The van der Waals surface area contributed by atoms with Gasteiger partial charge in [0.15, 0.2) is 11.5 Å². The zero-order valence-corrected chi connectivity index (χ0v) is 14.2. The molecule has 122 valence electrons. The van der Waals surface area contributed by atoms with E-state index in [1.165, 1.54) is 37.7 Å². The molecule has 0 bridgehead atoms. The van der Waals surface area contributed by atoms with Crippen molar-refractivity contribution < 1.29 is 9.47 Å². The molecular weight excluding hydrogens is 274 g/mol. The van der Waals surface area contributed by atoms with Crippen LogP contribution < -0.4 is 14.8 Å². The molecule has 1 unspecified atom stereocenters. The van der Waals surface area contributed by atoms with Crippen LogP contribution in [-0.2, 0) is 0 Å². The normalized spacial score (nSPS) is 16.0. The Kier molecular flexibility index (Phi) is 6.78. The second-order valence-corrected chi connectivity index (χ2v) is 5.89.